The molecule has 0 heterocycles. The van der Waals surface area contributed by atoms with Gasteiger partial charge in [0.2, 0.25) is 0 Å². The van der Waals surface area contributed by atoms with Crippen LogP contribution in [0.15, 0.2) is 40.9 Å². The van der Waals surface area contributed by atoms with E-state index < -0.39 is 0 Å². The van der Waals surface area contributed by atoms with Gasteiger partial charge in [0.25, 0.3) is 0 Å². The molecular formula is C21H27BrClNO2. The van der Waals surface area contributed by atoms with Crippen molar-refractivity contribution in [2.75, 3.05) is 13.2 Å². The van der Waals surface area contributed by atoms with Crippen molar-refractivity contribution in [3.05, 3.63) is 57.0 Å². The van der Waals surface area contributed by atoms with E-state index in [2.05, 4.69) is 28.2 Å². The number of ether oxygens (including phenoxy) is 2. The van der Waals surface area contributed by atoms with Crippen LogP contribution in [0.5, 0.6) is 11.5 Å². The minimum Gasteiger partial charge on any atom is -0.490 e. The molecule has 0 aliphatic rings. The Morgan fingerprint density at radius 3 is 2.50 bits per heavy atom. The number of halogens is 2. The summed E-state index contributed by atoms with van der Waals surface area (Å²) in [4.78, 5) is 0. The number of benzene rings is 2. The van der Waals surface area contributed by atoms with Gasteiger partial charge in [0.15, 0.2) is 11.5 Å². The van der Waals surface area contributed by atoms with Gasteiger partial charge in [-0.15, -0.1) is 0 Å². The van der Waals surface area contributed by atoms with Crippen molar-refractivity contribution in [2.24, 2.45) is 0 Å². The van der Waals surface area contributed by atoms with Crippen LogP contribution in [-0.4, -0.2) is 13.2 Å². The van der Waals surface area contributed by atoms with E-state index in [-0.39, 0.29) is 0 Å². The molecule has 0 aliphatic heterocycles. The molecule has 0 saturated heterocycles. The van der Waals surface area contributed by atoms with Crippen molar-refractivity contribution in [3.8, 4) is 11.5 Å². The molecule has 0 amide bonds. The summed E-state index contributed by atoms with van der Waals surface area (Å²) < 4.78 is 12.8. The first kappa shape index (κ1) is 21.1. The highest BCUT2D eigenvalue weighted by Gasteiger charge is 2.12. The molecule has 26 heavy (non-hydrogen) atoms. The van der Waals surface area contributed by atoms with Crippen LogP contribution in [0, 0.1) is 0 Å². The zero-order valence-corrected chi connectivity index (χ0v) is 17.8. The second kappa shape index (κ2) is 11.5. The van der Waals surface area contributed by atoms with E-state index in [1.807, 2.05) is 43.3 Å². The van der Waals surface area contributed by atoms with Gasteiger partial charge in [-0.3, -0.25) is 0 Å². The molecule has 0 aliphatic carbocycles. The summed E-state index contributed by atoms with van der Waals surface area (Å²) in [6.07, 6.45) is 3.69. The van der Waals surface area contributed by atoms with E-state index in [9.17, 15) is 0 Å². The van der Waals surface area contributed by atoms with Crippen molar-refractivity contribution in [1.29, 1.82) is 0 Å². The van der Waals surface area contributed by atoms with Crippen LogP contribution < -0.4 is 14.8 Å². The highest BCUT2D eigenvalue weighted by atomic mass is 79.9. The molecule has 0 bridgehead atoms. The largest absolute Gasteiger partial charge is 0.490 e. The van der Waals surface area contributed by atoms with Crippen LogP contribution in [0.1, 0.15) is 44.2 Å². The first-order valence-electron chi connectivity index (χ1n) is 9.17. The van der Waals surface area contributed by atoms with Gasteiger partial charge >= 0.3 is 0 Å². The third kappa shape index (κ3) is 6.49. The molecule has 0 aromatic heterocycles. The monoisotopic (exact) mass is 439 g/mol. The SMILES string of the molecule is CCCCCNCc1cc(OCC)c(OCc2ccccc2Cl)cc1Br. The summed E-state index contributed by atoms with van der Waals surface area (Å²) in [6.45, 7) is 7.01. The standard InChI is InChI=1S/C21H27BrClNO2/c1-3-5-8-11-24-14-17-12-20(25-4-2)21(13-18(17)22)26-15-16-9-6-7-10-19(16)23/h6-7,9-10,12-13,24H,3-5,8,11,14-15H2,1-2H3. The summed E-state index contributed by atoms with van der Waals surface area (Å²) in [7, 11) is 0. The van der Waals surface area contributed by atoms with Gasteiger partial charge in [-0.05, 0) is 43.7 Å². The van der Waals surface area contributed by atoms with E-state index in [0.717, 1.165) is 34.4 Å². The van der Waals surface area contributed by atoms with Crippen molar-refractivity contribution in [1.82, 2.24) is 5.32 Å². The highest BCUT2D eigenvalue weighted by Crippen LogP contribution is 2.34. The maximum absolute atomic E-state index is 6.21. The van der Waals surface area contributed by atoms with Crippen LogP contribution in [0.2, 0.25) is 5.02 Å². The van der Waals surface area contributed by atoms with Crippen LogP contribution >= 0.6 is 27.5 Å². The minimum atomic E-state index is 0.404. The number of hydrogen-bond acceptors (Lipinski definition) is 3. The number of rotatable bonds is 11. The first-order valence-corrected chi connectivity index (χ1v) is 10.3. The molecule has 0 unspecified atom stereocenters. The second-order valence-electron chi connectivity index (χ2n) is 6.09. The fourth-order valence-corrected chi connectivity index (χ4v) is 3.24. The Balaban J connectivity index is 2.06. The van der Waals surface area contributed by atoms with Crippen molar-refractivity contribution < 1.29 is 9.47 Å². The van der Waals surface area contributed by atoms with Gasteiger partial charge in [0.1, 0.15) is 6.61 Å². The predicted molar refractivity (Wildman–Crippen MR) is 112 cm³/mol. The van der Waals surface area contributed by atoms with E-state index in [4.69, 9.17) is 21.1 Å². The maximum atomic E-state index is 6.21. The third-order valence-corrected chi connectivity index (χ3v) is 5.13. The van der Waals surface area contributed by atoms with Gasteiger partial charge in [0, 0.05) is 21.6 Å². The molecular weight excluding hydrogens is 414 g/mol. The summed E-state index contributed by atoms with van der Waals surface area (Å²) >= 11 is 9.87. The lowest BCUT2D eigenvalue weighted by Crippen LogP contribution is -2.15. The van der Waals surface area contributed by atoms with E-state index in [1.165, 1.54) is 19.3 Å². The van der Waals surface area contributed by atoms with E-state index in [0.29, 0.717) is 24.0 Å². The molecule has 0 saturated carbocycles. The lowest BCUT2D eigenvalue weighted by atomic mass is 10.2. The summed E-state index contributed by atoms with van der Waals surface area (Å²) in [5.41, 5.74) is 2.12. The average Bonchev–Trinajstić information content (AvgIpc) is 2.63. The zero-order valence-electron chi connectivity index (χ0n) is 15.5. The molecule has 3 nitrogen and oxygen atoms in total. The quantitative estimate of drug-likeness (QED) is 0.412. The van der Waals surface area contributed by atoms with E-state index >= 15 is 0 Å². The Morgan fingerprint density at radius 2 is 1.77 bits per heavy atom. The van der Waals surface area contributed by atoms with Gasteiger partial charge in [-0.1, -0.05) is 65.5 Å². The van der Waals surface area contributed by atoms with Gasteiger partial charge in [0.05, 0.1) is 6.61 Å². The van der Waals surface area contributed by atoms with Crippen LogP contribution in [0.4, 0.5) is 0 Å². The second-order valence-corrected chi connectivity index (χ2v) is 7.35. The smallest absolute Gasteiger partial charge is 0.162 e. The fraction of sp³-hybridized carbons (Fsp3) is 0.429. The summed E-state index contributed by atoms with van der Waals surface area (Å²) in [5.74, 6) is 1.47. The molecule has 0 radical (unpaired) electrons. The Labute approximate surface area is 170 Å². The molecule has 0 spiro atoms. The zero-order chi connectivity index (χ0) is 18.8. The van der Waals surface area contributed by atoms with Gasteiger partial charge in [-0.2, -0.15) is 0 Å². The molecule has 1 N–H and O–H groups in total. The molecule has 2 aromatic carbocycles. The Hall–Kier alpha value is -1.23. The lowest BCUT2D eigenvalue weighted by Gasteiger charge is -2.16. The Morgan fingerprint density at radius 1 is 1.00 bits per heavy atom. The molecule has 142 valence electrons. The van der Waals surface area contributed by atoms with Crippen LogP contribution in [0.3, 0.4) is 0 Å². The third-order valence-electron chi connectivity index (χ3n) is 4.03. The topological polar surface area (TPSA) is 30.5 Å². The number of unbranched alkanes of at least 4 members (excludes halogenated alkanes) is 2. The predicted octanol–water partition coefficient (Wildman–Crippen LogP) is 6.36. The minimum absolute atomic E-state index is 0.404. The lowest BCUT2D eigenvalue weighted by molar-refractivity contribution is 0.269. The molecule has 2 rings (SSSR count). The normalized spacial score (nSPS) is 10.8. The van der Waals surface area contributed by atoms with Gasteiger partial charge in [-0.25, -0.2) is 0 Å². The molecule has 0 atom stereocenters. The van der Waals surface area contributed by atoms with Crippen molar-refractivity contribution >= 4 is 27.5 Å². The Kier molecular flexibility index (Phi) is 9.30. The molecule has 2 aromatic rings. The van der Waals surface area contributed by atoms with Crippen molar-refractivity contribution in [2.45, 2.75) is 46.3 Å². The highest BCUT2D eigenvalue weighted by molar-refractivity contribution is 9.10. The number of hydrogen-bond donors (Lipinski definition) is 1. The van der Waals surface area contributed by atoms with Gasteiger partial charge < -0.3 is 14.8 Å². The summed E-state index contributed by atoms with van der Waals surface area (Å²) in [6, 6.07) is 11.7. The Bertz CT molecular complexity index is 694. The maximum Gasteiger partial charge on any atom is 0.162 e. The van der Waals surface area contributed by atoms with E-state index in [1.54, 1.807) is 0 Å². The summed E-state index contributed by atoms with van der Waals surface area (Å²) in [5, 5.41) is 4.19. The van der Waals surface area contributed by atoms with Crippen molar-refractivity contribution in [3.63, 3.8) is 0 Å². The van der Waals surface area contributed by atoms with Crippen LogP contribution in [-0.2, 0) is 13.2 Å². The average molecular weight is 441 g/mol. The van der Waals surface area contributed by atoms with Crippen LogP contribution in [0.25, 0.3) is 0 Å². The molecule has 0 fully saturated rings. The fourth-order valence-electron chi connectivity index (χ4n) is 2.59. The first-order chi connectivity index (χ1) is 12.7. The number of nitrogens with one attached hydrogen (secondary N) is 1. The molecule has 5 heteroatoms.